The van der Waals surface area contributed by atoms with Gasteiger partial charge in [-0.1, -0.05) is 11.6 Å². The topological polar surface area (TPSA) is 41.6 Å². The van der Waals surface area contributed by atoms with E-state index >= 15 is 0 Å². The molecule has 1 aromatic carbocycles. The van der Waals surface area contributed by atoms with E-state index in [1.807, 2.05) is 25.8 Å². The van der Waals surface area contributed by atoms with E-state index in [2.05, 4.69) is 5.32 Å². The molecule has 0 bridgehead atoms. The van der Waals surface area contributed by atoms with Crippen LogP contribution < -0.4 is 10.1 Å². The Labute approximate surface area is 131 Å². The third-order valence-electron chi connectivity index (χ3n) is 3.60. The summed E-state index contributed by atoms with van der Waals surface area (Å²) in [5.41, 5.74) is 0.557. The van der Waals surface area contributed by atoms with Gasteiger partial charge in [0.15, 0.2) is 0 Å². The number of amides is 1. The highest BCUT2D eigenvalue weighted by atomic mass is 35.5. The lowest BCUT2D eigenvalue weighted by Crippen LogP contribution is -2.30. The smallest absolute Gasteiger partial charge is 0.257 e. The van der Waals surface area contributed by atoms with E-state index in [1.54, 1.807) is 18.2 Å². The van der Waals surface area contributed by atoms with E-state index in [0.717, 1.165) is 26.1 Å². The van der Waals surface area contributed by atoms with Crippen molar-refractivity contribution in [3.05, 3.63) is 28.8 Å². The van der Waals surface area contributed by atoms with E-state index < -0.39 is 0 Å². The fraction of sp³-hybridized carbons (Fsp3) is 0.562. The summed E-state index contributed by atoms with van der Waals surface area (Å²) in [7, 11) is 1.94. The van der Waals surface area contributed by atoms with E-state index in [-0.39, 0.29) is 12.0 Å². The molecule has 0 unspecified atom stereocenters. The summed E-state index contributed by atoms with van der Waals surface area (Å²) < 4.78 is 5.74. The molecule has 4 nitrogen and oxygen atoms in total. The van der Waals surface area contributed by atoms with Crippen LogP contribution in [0.4, 0.5) is 0 Å². The quantitative estimate of drug-likeness (QED) is 0.909. The molecule has 0 aromatic heterocycles. The number of nitrogens with one attached hydrogen (secondary N) is 1. The lowest BCUT2D eigenvalue weighted by Gasteiger charge is -2.20. The van der Waals surface area contributed by atoms with Crippen LogP contribution in [0, 0.1) is 5.92 Å². The van der Waals surface area contributed by atoms with Crippen molar-refractivity contribution in [2.24, 2.45) is 5.92 Å². The highest BCUT2D eigenvalue weighted by Gasteiger charge is 2.28. The third kappa shape index (κ3) is 4.11. The maximum atomic E-state index is 12.7. The van der Waals surface area contributed by atoms with Crippen LogP contribution in [-0.2, 0) is 0 Å². The van der Waals surface area contributed by atoms with E-state index in [0.29, 0.717) is 22.3 Å². The van der Waals surface area contributed by atoms with Crippen molar-refractivity contribution in [3.63, 3.8) is 0 Å². The van der Waals surface area contributed by atoms with Gasteiger partial charge in [0.05, 0.1) is 11.7 Å². The Balaban J connectivity index is 2.16. The van der Waals surface area contributed by atoms with Crippen LogP contribution >= 0.6 is 11.6 Å². The molecular weight excluding hydrogens is 288 g/mol. The minimum atomic E-state index is 0.00625. The fourth-order valence-electron chi connectivity index (χ4n) is 2.67. The van der Waals surface area contributed by atoms with Gasteiger partial charge in [0.2, 0.25) is 0 Å². The Morgan fingerprint density at radius 2 is 2.29 bits per heavy atom. The Kier molecular flexibility index (Phi) is 5.48. The zero-order valence-electron chi connectivity index (χ0n) is 12.9. The number of halogens is 1. The molecule has 1 heterocycles. The van der Waals surface area contributed by atoms with Gasteiger partial charge >= 0.3 is 0 Å². The molecule has 1 aliphatic rings. The number of likely N-dealkylation sites (tertiary alicyclic amines) is 1. The van der Waals surface area contributed by atoms with Crippen LogP contribution in [0.25, 0.3) is 0 Å². The van der Waals surface area contributed by atoms with Crippen LogP contribution in [0.15, 0.2) is 18.2 Å². The van der Waals surface area contributed by atoms with Gasteiger partial charge in [0.1, 0.15) is 5.75 Å². The predicted molar refractivity (Wildman–Crippen MR) is 85.2 cm³/mol. The number of carbonyl (C=O) groups is 1. The summed E-state index contributed by atoms with van der Waals surface area (Å²) in [6.45, 7) is 6.41. The van der Waals surface area contributed by atoms with Gasteiger partial charge in [-0.05, 0) is 58.0 Å². The summed E-state index contributed by atoms with van der Waals surface area (Å²) in [5, 5.41) is 3.73. The molecule has 1 N–H and O–H groups in total. The number of carbonyl (C=O) groups excluding carboxylic acids is 1. The van der Waals surface area contributed by atoms with Crippen molar-refractivity contribution >= 4 is 17.5 Å². The second-order valence-electron chi connectivity index (χ2n) is 5.77. The average molecular weight is 311 g/mol. The van der Waals surface area contributed by atoms with Crippen molar-refractivity contribution in [2.45, 2.75) is 26.4 Å². The standard InChI is InChI=1S/C16H23ClN2O2/c1-11(2)21-15-5-4-13(17)8-14(15)16(20)19-7-6-12(10-19)9-18-3/h4-5,8,11-12,18H,6-7,9-10H2,1-3H3/t12-/m0/s1. The van der Waals surface area contributed by atoms with Gasteiger partial charge in [-0.15, -0.1) is 0 Å². The second kappa shape index (κ2) is 7.14. The maximum absolute atomic E-state index is 12.7. The largest absolute Gasteiger partial charge is 0.490 e. The number of hydrogen-bond donors (Lipinski definition) is 1. The number of rotatable bonds is 5. The van der Waals surface area contributed by atoms with Gasteiger partial charge in [-0.3, -0.25) is 4.79 Å². The third-order valence-corrected chi connectivity index (χ3v) is 3.84. The van der Waals surface area contributed by atoms with Gasteiger partial charge in [0, 0.05) is 18.1 Å². The first-order valence-electron chi connectivity index (χ1n) is 7.41. The van der Waals surface area contributed by atoms with Gasteiger partial charge in [0.25, 0.3) is 5.91 Å². The Morgan fingerprint density at radius 3 is 2.95 bits per heavy atom. The first kappa shape index (κ1) is 16.1. The maximum Gasteiger partial charge on any atom is 0.257 e. The molecule has 1 aliphatic heterocycles. The summed E-state index contributed by atoms with van der Waals surface area (Å²) >= 11 is 6.05. The van der Waals surface area contributed by atoms with Crippen LogP contribution in [0.1, 0.15) is 30.6 Å². The van der Waals surface area contributed by atoms with Crippen molar-refractivity contribution in [3.8, 4) is 5.75 Å². The molecule has 0 spiro atoms. The number of ether oxygens (including phenoxy) is 1. The summed E-state index contributed by atoms with van der Waals surface area (Å²) in [4.78, 5) is 14.6. The Bertz CT molecular complexity index is 505. The normalized spacial score (nSPS) is 18.3. The van der Waals surface area contributed by atoms with Crippen molar-refractivity contribution in [2.75, 3.05) is 26.7 Å². The molecule has 1 amide bonds. The van der Waals surface area contributed by atoms with E-state index in [1.165, 1.54) is 0 Å². The second-order valence-corrected chi connectivity index (χ2v) is 6.21. The monoisotopic (exact) mass is 310 g/mol. The summed E-state index contributed by atoms with van der Waals surface area (Å²) in [6.07, 6.45) is 1.06. The Morgan fingerprint density at radius 1 is 1.52 bits per heavy atom. The molecule has 1 atom stereocenters. The van der Waals surface area contributed by atoms with Crippen LogP contribution in [0.2, 0.25) is 5.02 Å². The van der Waals surface area contributed by atoms with Gasteiger partial charge in [-0.2, -0.15) is 0 Å². The van der Waals surface area contributed by atoms with Gasteiger partial charge < -0.3 is 15.0 Å². The lowest BCUT2D eigenvalue weighted by molar-refractivity contribution is 0.0781. The molecule has 5 heteroatoms. The molecule has 0 aliphatic carbocycles. The van der Waals surface area contributed by atoms with Crippen LogP contribution in [0.3, 0.4) is 0 Å². The van der Waals surface area contributed by atoms with E-state index in [9.17, 15) is 4.79 Å². The average Bonchev–Trinajstić information content (AvgIpc) is 2.88. The zero-order valence-corrected chi connectivity index (χ0v) is 13.6. The minimum absolute atomic E-state index is 0.00625. The first-order valence-corrected chi connectivity index (χ1v) is 7.79. The molecule has 0 radical (unpaired) electrons. The fourth-order valence-corrected chi connectivity index (χ4v) is 2.84. The van der Waals surface area contributed by atoms with Crippen LogP contribution in [0.5, 0.6) is 5.75 Å². The number of benzene rings is 1. The highest BCUT2D eigenvalue weighted by molar-refractivity contribution is 6.31. The molecule has 1 fully saturated rings. The molecule has 21 heavy (non-hydrogen) atoms. The minimum Gasteiger partial charge on any atom is -0.490 e. The number of nitrogens with zero attached hydrogens (tertiary/aromatic N) is 1. The van der Waals surface area contributed by atoms with Crippen molar-refractivity contribution < 1.29 is 9.53 Å². The summed E-state index contributed by atoms with van der Waals surface area (Å²) in [6, 6.07) is 5.23. The molecule has 1 aromatic rings. The molecule has 2 rings (SSSR count). The summed E-state index contributed by atoms with van der Waals surface area (Å²) in [5.74, 6) is 1.14. The molecule has 1 saturated heterocycles. The van der Waals surface area contributed by atoms with Crippen LogP contribution in [-0.4, -0.2) is 43.6 Å². The molecule has 116 valence electrons. The number of hydrogen-bond acceptors (Lipinski definition) is 3. The van der Waals surface area contributed by atoms with E-state index in [4.69, 9.17) is 16.3 Å². The first-order chi connectivity index (χ1) is 10.0. The SMILES string of the molecule is CNC[C@@H]1CCN(C(=O)c2cc(Cl)ccc2OC(C)C)C1. The molecule has 0 saturated carbocycles. The lowest BCUT2D eigenvalue weighted by atomic mass is 10.1. The van der Waals surface area contributed by atoms with Crippen molar-refractivity contribution in [1.29, 1.82) is 0 Å². The zero-order chi connectivity index (χ0) is 15.4. The van der Waals surface area contributed by atoms with Gasteiger partial charge in [-0.25, -0.2) is 0 Å². The molecular formula is C16H23ClN2O2. The van der Waals surface area contributed by atoms with Crippen molar-refractivity contribution in [1.82, 2.24) is 10.2 Å². The Hall–Kier alpha value is -1.26. The predicted octanol–water partition coefficient (Wildman–Crippen LogP) is 2.81. The highest BCUT2D eigenvalue weighted by Crippen LogP contribution is 2.27.